The number of piperidine rings is 1. The fourth-order valence-corrected chi connectivity index (χ4v) is 3.49. The Labute approximate surface area is 166 Å². The van der Waals surface area contributed by atoms with Gasteiger partial charge in [-0.15, -0.1) is 0 Å². The van der Waals surface area contributed by atoms with E-state index in [1.807, 2.05) is 68.1 Å². The van der Waals surface area contributed by atoms with Gasteiger partial charge in [-0.25, -0.2) is 0 Å². The highest BCUT2D eigenvalue weighted by Crippen LogP contribution is 2.26. The van der Waals surface area contributed by atoms with Crippen LogP contribution in [0.2, 0.25) is 0 Å². The maximum atomic E-state index is 12.8. The number of likely N-dealkylation sites (tertiary alicyclic amines) is 1. The number of ether oxygens (including phenoxy) is 1. The Morgan fingerprint density at radius 3 is 2.46 bits per heavy atom. The molecule has 0 bridgehead atoms. The minimum atomic E-state index is -0.0986. The van der Waals surface area contributed by atoms with E-state index in [1.165, 1.54) is 5.56 Å². The van der Waals surface area contributed by atoms with Crippen LogP contribution in [-0.4, -0.2) is 36.4 Å². The molecule has 0 saturated carbocycles. The minimum Gasteiger partial charge on any atom is -0.492 e. The number of hydrogen-bond donors (Lipinski definition) is 1. The molecule has 5 nitrogen and oxygen atoms in total. The van der Waals surface area contributed by atoms with Crippen molar-refractivity contribution in [3.8, 4) is 5.75 Å². The van der Waals surface area contributed by atoms with Gasteiger partial charge >= 0.3 is 0 Å². The van der Waals surface area contributed by atoms with Gasteiger partial charge in [0.15, 0.2) is 0 Å². The molecule has 2 aromatic carbocycles. The highest BCUT2D eigenvalue weighted by atomic mass is 16.5. The fourth-order valence-electron chi connectivity index (χ4n) is 3.49. The molecule has 2 aromatic rings. The number of anilines is 1. The lowest BCUT2D eigenvalue weighted by Gasteiger charge is -2.31. The van der Waals surface area contributed by atoms with Gasteiger partial charge in [-0.05, 0) is 69.0 Å². The summed E-state index contributed by atoms with van der Waals surface area (Å²) in [4.78, 5) is 27.3. The molecule has 3 rings (SSSR count). The summed E-state index contributed by atoms with van der Waals surface area (Å²) in [6, 6.07) is 13.3. The second-order valence-electron chi connectivity index (χ2n) is 7.28. The molecule has 1 aliphatic rings. The summed E-state index contributed by atoms with van der Waals surface area (Å²) in [5, 5.41) is 2.99. The van der Waals surface area contributed by atoms with Crippen LogP contribution in [-0.2, 0) is 4.79 Å². The summed E-state index contributed by atoms with van der Waals surface area (Å²) in [6.45, 7) is 7.71. The van der Waals surface area contributed by atoms with Crippen molar-refractivity contribution < 1.29 is 14.3 Å². The average molecular weight is 380 g/mol. The lowest BCUT2D eigenvalue weighted by atomic mass is 9.95. The van der Waals surface area contributed by atoms with Crippen LogP contribution in [0.1, 0.15) is 41.3 Å². The Kier molecular flexibility index (Phi) is 6.34. The lowest BCUT2D eigenvalue weighted by Crippen LogP contribution is -2.41. The number of amides is 2. The summed E-state index contributed by atoms with van der Waals surface area (Å²) in [7, 11) is 0. The third kappa shape index (κ3) is 4.53. The van der Waals surface area contributed by atoms with Crippen LogP contribution in [0.25, 0.3) is 0 Å². The fraction of sp³-hybridized carbons (Fsp3) is 0.391. The number of carbonyl (C=O) groups is 2. The van der Waals surface area contributed by atoms with Gasteiger partial charge in [0, 0.05) is 24.6 Å². The quantitative estimate of drug-likeness (QED) is 0.846. The smallest absolute Gasteiger partial charge is 0.253 e. The molecule has 0 aliphatic carbocycles. The number of carbonyl (C=O) groups excluding carboxylic acids is 2. The Hall–Kier alpha value is -2.82. The van der Waals surface area contributed by atoms with Crippen molar-refractivity contribution in [1.82, 2.24) is 4.90 Å². The van der Waals surface area contributed by atoms with Gasteiger partial charge in [-0.1, -0.05) is 18.2 Å². The SMILES string of the molecule is CCOc1ccccc1NC(=O)C1CCN(C(=O)c2ccc(C)c(C)c2)CC1. The second kappa shape index (κ2) is 8.91. The molecule has 1 N–H and O–H groups in total. The molecule has 0 atom stereocenters. The maximum Gasteiger partial charge on any atom is 0.253 e. The van der Waals surface area contributed by atoms with Crippen molar-refractivity contribution in [2.24, 2.45) is 5.92 Å². The molecule has 0 aromatic heterocycles. The molecular formula is C23H28N2O3. The number of aryl methyl sites for hydroxylation is 2. The van der Waals surface area contributed by atoms with E-state index in [0.29, 0.717) is 44.0 Å². The van der Waals surface area contributed by atoms with Gasteiger partial charge < -0.3 is 15.0 Å². The van der Waals surface area contributed by atoms with Crippen molar-refractivity contribution >= 4 is 17.5 Å². The molecule has 1 heterocycles. The molecule has 0 radical (unpaired) electrons. The van der Waals surface area contributed by atoms with Gasteiger partial charge in [0.1, 0.15) is 5.75 Å². The molecule has 148 valence electrons. The summed E-state index contributed by atoms with van der Waals surface area (Å²) < 4.78 is 5.57. The largest absolute Gasteiger partial charge is 0.492 e. The zero-order valence-corrected chi connectivity index (χ0v) is 16.8. The Morgan fingerprint density at radius 2 is 1.79 bits per heavy atom. The number of para-hydroxylation sites is 2. The zero-order valence-electron chi connectivity index (χ0n) is 16.8. The summed E-state index contributed by atoms with van der Waals surface area (Å²) in [6.07, 6.45) is 1.33. The highest BCUT2D eigenvalue weighted by Gasteiger charge is 2.28. The van der Waals surface area contributed by atoms with E-state index >= 15 is 0 Å². The van der Waals surface area contributed by atoms with E-state index in [4.69, 9.17) is 4.74 Å². The number of rotatable bonds is 5. The predicted molar refractivity (Wildman–Crippen MR) is 111 cm³/mol. The Bertz CT molecular complexity index is 855. The van der Waals surface area contributed by atoms with Crippen molar-refractivity contribution in [3.05, 3.63) is 59.2 Å². The third-order valence-corrected chi connectivity index (χ3v) is 5.35. The molecule has 1 saturated heterocycles. The summed E-state index contributed by atoms with van der Waals surface area (Å²) in [5.74, 6) is 0.619. The molecule has 0 unspecified atom stereocenters. The number of nitrogens with zero attached hydrogens (tertiary/aromatic N) is 1. The van der Waals surface area contributed by atoms with Crippen LogP contribution in [0.15, 0.2) is 42.5 Å². The van der Waals surface area contributed by atoms with Crippen molar-refractivity contribution in [1.29, 1.82) is 0 Å². The van der Waals surface area contributed by atoms with Gasteiger partial charge in [-0.3, -0.25) is 9.59 Å². The first-order valence-corrected chi connectivity index (χ1v) is 9.88. The first kappa shape index (κ1) is 19.9. The molecule has 0 spiro atoms. The van der Waals surface area contributed by atoms with Gasteiger partial charge in [0.25, 0.3) is 5.91 Å². The van der Waals surface area contributed by atoms with Crippen LogP contribution in [0.4, 0.5) is 5.69 Å². The Morgan fingerprint density at radius 1 is 1.07 bits per heavy atom. The van der Waals surface area contributed by atoms with E-state index in [-0.39, 0.29) is 17.7 Å². The molecular weight excluding hydrogens is 352 g/mol. The van der Waals surface area contributed by atoms with Crippen LogP contribution < -0.4 is 10.1 Å². The van der Waals surface area contributed by atoms with E-state index in [2.05, 4.69) is 5.32 Å². The van der Waals surface area contributed by atoms with Crippen LogP contribution >= 0.6 is 0 Å². The first-order chi connectivity index (χ1) is 13.5. The second-order valence-corrected chi connectivity index (χ2v) is 7.28. The highest BCUT2D eigenvalue weighted by molar-refractivity contribution is 5.96. The number of hydrogen-bond acceptors (Lipinski definition) is 3. The van der Waals surface area contributed by atoms with E-state index < -0.39 is 0 Å². The van der Waals surface area contributed by atoms with E-state index in [9.17, 15) is 9.59 Å². The van der Waals surface area contributed by atoms with Crippen LogP contribution in [0.3, 0.4) is 0 Å². The normalized spacial score (nSPS) is 14.6. The molecule has 1 aliphatic heterocycles. The van der Waals surface area contributed by atoms with E-state index in [1.54, 1.807) is 0 Å². The van der Waals surface area contributed by atoms with Gasteiger partial charge in [-0.2, -0.15) is 0 Å². The van der Waals surface area contributed by atoms with Crippen LogP contribution in [0, 0.1) is 19.8 Å². The number of nitrogens with one attached hydrogen (secondary N) is 1. The lowest BCUT2D eigenvalue weighted by molar-refractivity contribution is -0.121. The van der Waals surface area contributed by atoms with Crippen LogP contribution in [0.5, 0.6) is 5.75 Å². The molecule has 28 heavy (non-hydrogen) atoms. The van der Waals surface area contributed by atoms with Crippen molar-refractivity contribution in [2.45, 2.75) is 33.6 Å². The third-order valence-electron chi connectivity index (χ3n) is 5.35. The minimum absolute atomic E-state index is 0.00886. The van der Waals surface area contributed by atoms with Crippen molar-refractivity contribution in [3.63, 3.8) is 0 Å². The summed E-state index contributed by atoms with van der Waals surface area (Å²) >= 11 is 0. The maximum absolute atomic E-state index is 12.8. The first-order valence-electron chi connectivity index (χ1n) is 9.88. The van der Waals surface area contributed by atoms with Gasteiger partial charge in [0.2, 0.25) is 5.91 Å². The Balaban J connectivity index is 1.58. The zero-order chi connectivity index (χ0) is 20.1. The standard InChI is InChI=1S/C23H28N2O3/c1-4-28-21-8-6-5-7-20(21)24-22(26)18-11-13-25(14-12-18)23(27)19-10-9-16(2)17(3)15-19/h5-10,15,18H,4,11-14H2,1-3H3,(H,24,26). The van der Waals surface area contributed by atoms with Crippen molar-refractivity contribution in [2.75, 3.05) is 25.0 Å². The monoisotopic (exact) mass is 380 g/mol. The predicted octanol–water partition coefficient (Wildman–Crippen LogP) is 4.19. The number of benzene rings is 2. The topological polar surface area (TPSA) is 58.6 Å². The molecule has 5 heteroatoms. The molecule has 2 amide bonds. The van der Waals surface area contributed by atoms with E-state index in [0.717, 1.165) is 11.1 Å². The summed E-state index contributed by atoms with van der Waals surface area (Å²) in [5.41, 5.74) is 3.71. The average Bonchev–Trinajstić information content (AvgIpc) is 2.71. The van der Waals surface area contributed by atoms with Gasteiger partial charge in [0.05, 0.1) is 12.3 Å². The molecule has 1 fully saturated rings.